The first kappa shape index (κ1) is 17.0. The molecule has 1 N–H and O–H groups in total. The third-order valence-electron chi connectivity index (χ3n) is 4.05. The predicted molar refractivity (Wildman–Crippen MR) is 89.4 cm³/mol. The van der Waals surface area contributed by atoms with Crippen molar-refractivity contribution in [2.75, 3.05) is 44.6 Å². The van der Waals surface area contributed by atoms with Crippen molar-refractivity contribution in [2.24, 2.45) is 0 Å². The summed E-state index contributed by atoms with van der Waals surface area (Å²) in [4.78, 5) is 13.6. The van der Waals surface area contributed by atoms with Crippen molar-refractivity contribution in [3.05, 3.63) is 12.4 Å². The normalized spacial score (nSPS) is 18.4. The van der Waals surface area contributed by atoms with E-state index in [1.165, 1.54) is 0 Å². The van der Waals surface area contributed by atoms with Crippen LogP contribution in [0.1, 0.15) is 27.7 Å². The Morgan fingerprint density at radius 1 is 1.14 bits per heavy atom. The lowest BCUT2D eigenvalue weighted by molar-refractivity contribution is 0.110. The highest BCUT2D eigenvalue weighted by Crippen LogP contribution is 2.19. The van der Waals surface area contributed by atoms with Crippen molar-refractivity contribution in [2.45, 2.75) is 39.8 Å². The molecule has 0 spiro atoms. The fourth-order valence-electron chi connectivity index (χ4n) is 2.65. The molecule has 0 radical (unpaired) electrons. The molecule has 0 amide bonds. The molecule has 1 atom stereocenters. The van der Waals surface area contributed by atoms with Crippen molar-refractivity contribution in [3.63, 3.8) is 0 Å². The number of piperazine rings is 1. The molecular formula is C16H29N5O. The first-order valence-electron chi connectivity index (χ1n) is 8.28. The smallest absolute Gasteiger partial charge is 0.257 e. The number of aromatic nitrogens is 2. The van der Waals surface area contributed by atoms with E-state index in [0.717, 1.165) is 45.1 Å². The molecule has 22 heavy (non-hydrogen) atoms. The monoisotopic (exact) mass is 307 g/mol. The second-order valence-electron chi connectivity index (χ2n) is 6.08. The summed E-state index contributed by atoms with van der Waals surface area (Å²) in [7, 11) is 0. The summed E-state index contributed by atoms with van der Waals surface area (Å²) in [6.45, 7) is 15.1. The number of anilines is 1. The molecule has 1 unspecified atom stereocenters. The SMILES string of the molecule is CCN1CCN(C(C)CNc2nccnc2OC(C)C)CC1. The van der Waals surface area contributed by atoms with E-state index in [9.17, 15) is 0 Å². The van der Waals surface area contributed by atoms with Crippen LogP contribution >= 0.6 is 0 Å². The highest BCUT2D eigenvalue weighted by molar-refractivity contribution is 5.44. The first-order chi connectivity index (χ1) is 10.6. The number of nitrogens with one attached hydrogen (secondary N) is 1. The quantitative estimate of drug-likeness (QED) is 0.827. The van der Waals surface area contributed by atoms with Crippen molar-refractivity contribution in [1.29, 1.82) is 0 Å². The van der Waals surface area contributed by atoms with E-state index in [-0.39, 0.29) is 6.10 Å². The highest BCUT2D eigenvalue weighted by atomic mass is 16.5. The number of likely N-dealkylation sites (N-methyl/N-ethyl adjacent to an activating group) is 1. The molecule has 6 heteroatoms. The third kappa shape index (κ3) is 4.81. The Balaban J connectivity index is 1.85. The molecular weight excluding hydrogens is 278 g/mol. The lowest BCUT2D eigenvalue weighted by atomic mass is 10.2. The summed E-state index contributed by atoms with van der Waals surface area (Å²) in [5.41, 5.74) is 0. The van der Waals surface area contributed by atoms with E-state index in [1.54, 1.807) is 12.4 Å². The molecule has 1 fully saturated rings. The zero-order valence-corrected chi connectivity index (χ0v) is 14.2. The first-order valence-corrected chi connectivity index (χ1v) is 8.28. The van der Waals surface area contributed by atoms with Gasteiger partial charge < -0.3 is 15.0 Å². The van der Waals surface area contributed by atoms with Gasteiger partial charge in [-0.25, -0.2) is 9.97 Å². The molecule has 2 heterocycles. The zero-order chi connectivity index (χ0) is 15.9. The molecule has 1 aromatic heterocycles. The van der Waals surface area contributed by atoms with Gasteiger partial charge >= 0.3 is 0 Å². The van der Waals surface area contributed by atoms with Crippen LogP contribution in [0.5, 0.6) is 5.88 Å². The van der Waals surface area contributed by atoms with Crippen LogP contribution < -0.4 is 10.1 Å². The molecule has 1 aliphatic heterocycles. The van der Waals surface area contributed by atoms with Crippen LogP contribution in [0.15, 0.2) is 12.4 Å². The molecule has 0 aromatic carbocycles. The number of hydrogen-bond acceptors (Lipinski definition) is 6. The van der Waals surface area contributed by atoms with Gasteiger partial charge in [0.15, 0.2) is 5.82 Å². The van der Waals surface area contributed by atoms with Crippen LogP contribution in [-0.4, -0.2) is 71.2 Å². The van der Waals surface area contributed by atoms with Crippen molar-refractivity contribution < 1.29 is 4.74 Å². The predicted octanol–water partition coefficient (Wildman–Crippen LogP) is 1.70. The van der Waals surface area contributed by atoms with Gasteiger partial charge in [0, 0.05) is 51.2 Å². The van der Waals surface area contributed by atoms with Gasteiger partial charge in [-0.15, -0.1) is 0 Å². The molecule has 124 valence electrons. The minimum atomic E-state index is 0.0943. The molecule has 1 saturated heterocycles. The van der Waals surface area contributed by atoms with E-state index in [1.807, 2.05) is 13.8 Å². The minimum Gasteiger partial charge on any atom is -0.472 e. The van der Waals surface area contributed by atoms with Crippen LogP contribution in [0.2, 0.25) is 0 Å². The van der Waals surface area contributed by atoms with Crippen molar-refractivity contribution in [3.8, 4) is 5.88 Å². The van der Waals surface area contributed by atoms with Gasteiger partial charge in [0.2, 0.25) is 0 Å². The zero-order valence-electron chi connectivity index (χ0n) is 14.2. The molecule has 6 nitrogen and oxygen atoms in total. The summed E-state index contributed by atoms with van der Waals surface area (Å²) in [6, 6.07) is 0.466. The number of rotatable bonds is 7. The number of hydrogen-bond donors (Lipinski definition) is 1. The second kappa shape index (κ2) is 8.29. The maximum Gasteiger partial charge on any atom is 0.257 e. The topological polar surface area (TPSA) is 53.5 Å². The van der Waals surface area contributed by atoms with Crippen LogP contribution in [0, 0.1) is 0 Å². The van der Waals surface area contributed by atoms with Gasteiger partial charge in [-0.2, -0.15) is 0 Å². The number of ether oxygens (including phenoxy) is 1. The van der Waals surface area contributed by atoms with E-state index in [2.05, 4.69) is 38.9 Å². The molecule has 0 saturated carbocycles. The highest BCUT2D eigenvalue weighted by Gasteiger charge is 2.20. The largest absolute Gasteiger partial charge is 0.472 e. The van der Waals surface area contributed by atoms with Gasteiger partial charge in [0.1, 0.15) is 0 Å². The summed E-state index contributed by atoms with van der Waals surface area (Å²) in [6.07, 6.45) is 3.45. The lowest BCUT2D eigenvalue weighted by Gasteiger charge is -2.37. The molecule has 1 aromatic rings. The van der Waals surface area contributed by atoms with Crippen LogP contribution in [0.25, 0.3) is 0 Å². The second-order valence-corrected chi connectivity index (χ2v) is 6.08. The summed E-state index contributed by atoms with van der Waals surface area (Å²) in [5.74, 6) is 1.32. The molecule has 1 aliphatic rings. The Bertz CT molecular complexity index is 446. The molecule has 0 aliphatic carbocycles. The fourth-order valence-corrected chi connectivity index (χ4v) is 2.65. The Hall–Kier alpha value is -1.40. The Morgan fingerprint density at radius 2 is 1.82 bits per heavy atom. The Kier molecular flexibility index (Phi) is 6.39. The third-order valence-corrected chi connectivity index (χ3v) is 4.05. The van der Waals surface area contributed by atoms with Gasteiger partial charge in [-0.05, 0) is 27.3 Å². The summed E-state index contributed by atoms with van der Waals surface area (Å²) >= 11 is 0. The van der Waals surface area contributed by atoms with Gasteiger partial charge in [0.05, 0.1) is 6.10 Å². The molecule has 2 rings (SSSR count). The lowest BCUT2D eigenvalue weighted by Crippen LogP contribution is -2.51. The Morgan fingerprint density at radius 3 is 2.45 bits per heavy atom. The van der Waals surface area contributed by atoms with E-state index in [0.29, 0.717) is 11.9 Å². The van der Waals surface area contributed by atoms with Crippen molar-refractivity contribution in [1.82, 2.24) is 19.8 Å². The van der Waals surface area contributed by atoms with E-state index in [4.69, 9.17) is 4.74 Å². The minimum absolute atomic E-state index is 0.0943. The summed E-state index contributed by atoms with van der Waals surface area (Å²) < 4.78 is 5.70. The average molecular weight is 307 g/mol. The Labute approximate surface area is 133 Å². The standard InChI is InChI=1S/C16H29N5O/c1-5-20-8-10-21(11-9-20)14(4)12-19-15-16(22-13(2)3)18-7-6-17-15/h6-7,13-14H,5,8-12H2,1-4H3,(H,17,19). The van der Waals surface area contributed by atoms with Gasteiger partial charge in [0.25, 0.3) is 5.88 Å². The van der Waals surface area contributed by atoms with Crippen molar-refractivity contribution >= 4 is 5.82 Å². The number of nitrogens with zero attached hydrogens (tertiary/aromatic N) is 4. The van der Waals surface area contributed by atoms with E-state index >= 15 is 0 Å². The fraction of sp³-hybridized carbons (Fsp3) is 0.750. The summed E-state index contributed by atoms with van der Waals surface area (Å²) in [5, 5.41) is 3.39. The average Bonchev–Trinajstić information content (AvgIpc) is 2.53. The van der Waals surface area contributed by atoms with E-state index < -0.39 is 0 Å². The molecule has 0 bridgehead atoms. The maximum atomic E-state index is 5.70. The van der Waals surface area contributed by atoms with Gasteiger partial charge in [-0.1, -0.05) is 6.92 Å². The van der Waals surface area contributed by atoms with Gasteiger partial charge in [-0.3, -0.25) is 4.90 Å². The van der Waals surface area contributed by atoms with Crippen LogP contribution in [0.4, 0.5) is 5.82 Å². The van der Waals surface area contributed by atoms with Crippen LogP contribution in [-0.2, 0) is 0 Å². The van der Waals surface area contributed by atoms with Crippen LogP contribution in [0.3, 0.4) is 0 Å². The maximum absolute atomic E-state index is 5.70.